The second-order valence-corrected chi connectivity index (χ2v) is 5.05. The first-order valence-electron chi connectivity index (χ1n) is 6.38. The lowest BCUT2D eigenvalue weighted by molar-refractivity contribution is -0.0504. The zero-order valence-corrected chi connectivity index (χ0v) is 12.7. The number of ether oxygens (including phenoxy) is 1. The highest BCUT2D eigenvalue weighted by molar-refractivity contribution is 6.30. The Morgan fingerprint density at radius 3 is 2.82 bits per heavy atom. The number of rotatable bonds is 5. The number of nitrogens with one attached hydrogen (secondary N) is 1. The van der Waals surface area contributed by atoms with Crippen LogP contribution in [0.1, 0.15) is 21.6 Å². The number of benzene rings is 1. The monoisotopic (exact) mass is 329 g/mol. The summed E-state index contributed by atoms with van der Waals surface area (Å²) in [5, 5.41) is 7.07. The van der Waals surface area contributed by atoms with Crippen molar-refractivity contribution in [2.45, 2.75) is 20.1 Å². The molecule has 2 rings (SSSR count). The van der Waals surface area contributed by atoms with Crippen molar-refractivity contribution in [3.05, 3.63) is 46.2 Å². The fourth-order valence-corrected chi connectivity index (χ4v) is 2.19. The molecule has 8 heteroatoms. The van der Waals surface area contributed by atoms with Crippen molar-refractivity contribution in [1.29, 1.82) is 0 Å². The van der Waals surface area contributed by atoms with E-state index >= 15 is 0 Å². The second kappa shape index (κ2) is 6.74. The van der Waals surface area contributed by atoms with Crippen LogP contribution in [0.15, 0.2) is 24.4 Å². The van der Waals surface area contributed by atoms with E-state index in [2.05, 4.69) is 15.2 Å². The Labute approximate surface area is 130 Å². The van der Waals surface area contributed by atoms with Crippen LogP contribution in [0.3, 0.4) is 0 Å². The molecule has 118 valence electrons. The minimum atomic E-state index is -2.95. The first-order valence-corrected chi connectivity index (χ1v) is 6.76. The average molecular weight is 330 g/mol. The lowest BCUT2D eigenvalue weighted by atomic mass is 10.2. The Balaban J connectivity index is 2.12. The number of nitrogens with zero attached hydrogens (tertiary/aromatic N) is 2. The third-order valence-electron chi connectivity index (χ3n) is 2.94. The highest BCUT2D eigenvalue weighted by atomic mass is 35.5. The zero-order chi connectivity index (χ0) is 16.3. The van der Waals surface area contributed by atoms with Crippen molar-refractivity contribution in [2.24, 2.45) is 7.05 Å². The molecule has 22 heavy (non-hydrogen) atoms. The van der Waals surface area contributed by atoms with Crippen LogP contribution in [0.5, 0.6) is 5.75 Å². The van der Waals surface area contributed by atoms with Gasteiger partial charge in [0.2, 0.25) is 0 Å². The van der Waals surface area contributed by atoms with Gasteiger partial charge >= 0.3 is 6.61 Å². The predicted octanol–water partition coefficient (Wildman–Crippen LogP) is 2.91. The Morgan fingerprint density at radius 2 is 2.23 bits per heavy atom. The maximum absolute atomic E-state index is 12.4. The van der Waals surface area contributed by atoms with E-state index in [9.17, 15) is 13.6 Å². The summed E-state index contributed by atoms with van der Waals surface area (Å²) < 4.78 is 30.7. The van der Waals surface area contributed by atoms with E-state index in [1.54, 1.807) is 20.2 Å². The number of halogens is 3. The van der Waals surface area contributed by atoms with Gasteiger partial charge in [-0.05, 0) is 25.1 Å². The molecule has 0 saturated carbocycles. The Kier molecular flexibility index (Phi) is 4.97. The molecule has 5 nitrogen and oxygen atoms in total. The number of hydrogen-bond acceptors (Lipinski definition) is 3. The van der Waals surface area contributed by atoms with Crippen LogP contribution in [0.2, 0.25) is 5.02 Å². The van der Waals surface area contributed by atoms with Crippen molar-refractivity contribution in [3.63, 3.8) is 0 Å². The van der Waals surface area contributed by atoms with E-state index in [1.807, 2.05) is 0 Å². The van der Waals surface area contributed by atoms with Crippen LogP contribution in [0, 0.1) is 6.92 Å². The third kappa shape index (κ3) is 3.94. The number of aryl methyl sites for hydroxylation is 2. The highest BCUT2D eigenvalue weighted by Gasteiger charge is 2.15. The number of hydrogen-bond donors (Lipinski definition) is 1. The van der Waals surface area contributed by atoms with Gasteiger partial charge in [-0.1, -0.05) is 11.6 Å². The van der Waals surface area contributed by atoms with Crippen LogP contribution in [-0.2, 0) is 13.6 Å². The van der Waals surface area contributed by atoms with E-state index in [1.165, 1.54) is 22.9 Å². The molecule has 0 fully saturated rings. The van der Waals surface area contributed by atoms with Gasteiger partial charge in [0, 0.05) is 30.4 Å². The highest BCUT2D eigenvalue weighted by Crippen LogP contribution is 2.24. The molecule has 0 radical (unpaired) electrons. The van der Waals surface area contributed by atoms with Crippen molar-refractivity contribution in [1.82, 2.24) is 15.1 Å². The van der Waals surface area contributed by atoms with Gasteiger partial charge < -0.3 is 10.1 Å². The van der Waals surface area contributed by atoms with E-state index in [4.69, 9.17) is 11.6 Å². The van der Waals surface area contributed by atoms with Crippen molar-refractivity contribution in [3.8, 4) is 5.75 Å². The van der Waals surface area contributed by atoms with Gasteiger partial charge in [-0.2, -0.15) is 13.9 Å². The SMILES string of the molecule is Cc1nn(C)cc1C(=O)NCc1cc(Cl)ccc1OC(F)F. The molecular weight excluding hydrogens is 316 g/mol. The minimum Gasteiger partial charge on any atom is -0.434 e. The van der Waals surface area contributed by atoms with Gasteiger partial charge in [0.15, 0.2) is 0 Å². The van der Waals surface area contributed by atoms with Crippen molar-refractivity contribution >= 4 is 17.5 Å². The molecule has 0 bridgehead atoms. The van der Waals surface area contributed by atoms with Gasteiger partial charge in [-0.3, -0.25) is 9.48 Å². The predicted molar refractivity (Wildman–Crippen MR) is 77.2 cm³/mol. The van der Waals surface area contributed by atoms with Crippen LogP contribution in [0.25, 0.3) is 0 Å². The smallest absolute Gasteiger partial charge is 0.387 e. The number of amides is 1. The van der Waals surface area contributed by atoms with E-state index in [0.29, 0.717) is 21.8 Å². The molecule has 1 N–H and O–H groups in total. The molecule has 0 aliphatic carbocycles. The first-order chi connectivity index (χ1) is 10.4. The molecule has 1 amide bonds. The lowest BCUT2D eigenvalue weighted by Crippen LogP contribution is -2.23. The molecule has 1 aromatic carbocycles. The third-order valence-corrected chi connectivity index (χ3v) is 3.17. The summed E-state index contributed by atoms with van der Waals surface area (Å²) in [6.45, 7) is -1.23. The summed E-state index contributed by atoms with van der Waals surface area (Å²) in [5.74, 6) is -0.379. The Bertz CT molecular complexity index is 689. The summed E-state index contributed by atoms with van der Waals surface area (Å²) in [6.07, 6.45) is 1.58. The van der Waals surface area contributed by atoms with Crippen LogP contribution in [0.4, 0.5) is 8.78 Å². The first kappa shape index (κ1) is 16.2. The molecular formula is C14H14ClF2N3O2. The summed E-state index contributed by atoms with van der Waals surface area (Å²) >= 11 is 5.85. The second-order valence-electron chi connectivity index (χ2n) is 4.62. The van der Waals surface area contributed by atoms with Gasteiger partial charge in [-0.25, -0.2) is 0 Å². The molecule has 0 atom stereocenters. The van der Waals surface area contributed by atoms with E-state index < -0.39 is 6.61 Å². The largest absolute Gasteiger partial charge is 0.434 e. The van der Waals surface area contributed by atoms with Gasteiger partial charge in [0.05, 0.1) is 11.3 Å². The van der Waals surface area contributed by atoms with Crippen LogP contribution < -0.4 is 10.1 Å². The quantitative estimate of drug-likeness (QED) is 0.917. The van der Waals surface area contributed by atoms with E-state index in [-0.39, 0.29) is 18.2 Å². The topological polar surface area (TPSA) is 56.2 Å². The molecule has 2 aromatic rings. The maximum atomic E-state index is 12.4. The Hall–Kier alpha value is -2.15. The van der Waals surface area contributed by atoms with Crippen LogP contribution in [-0.4, -0.2) is 22.3 Å². The summed E-state index contributed by atoms with van der Waals surface area (Å²) in [7, 11) is 1.70. The number of aromatic nitrogens is 2. The summed E-state index contributed by atoms with van der Waals surface area (Å²) in [4.78, 5) is 12.1. The summed E-state index contributed by atoms with van der Waals surface area (Å²) in [5.41, 5.74) is 1.36. The molecule has 1 aromatic heterocycles. The van der Waals surface area contributed by atoms with Gasteiger partial charge in [-0.15, -0.1) is 0 Å². The van der Waals surface area contributed by atoms with Crippen LogP contribution >= 0.6 is 11.6 Å². The number of carbonyl (C=O) groups excluding carboxylic acids is 1. The molecule has 0 saturated heterocycles. The molecule has 1 heterocycles. The van der Waals surface area contributed by atoms with E-state index in [0.717, 1.165) is 0 Å². The van der Waals surface area contributed by atoms with Crippen molar-refractivity contribution in [2.75, 3.05) is 0 Å². The fourth-order valence-electron chi connectivity index (χ4n) is 1.99. The van der Waals surface area contributed by atoms with Gasteiger partial charge in [0.1, 0.15) is 5.75 Å². The summed E-state index contributed by atoms with van der Waals surface area (Å²) in [6, 6.07) is 4.25. The molecule has 0 unspecified atom stereocenters. The van der Waals surface area contributed by atoms with Crippen molar-refractivity contribution < 1.29 is 18.3 Å². The molecule has 0 aliphatic heterocycles. The normalized spacial score (nSPS) is 10.8. The fraction of sp³-hybridized carbons (Fsp3) is 0.286. The average Bonchev–Trinajstić information content (AvgIpc) is 2.77. The lowest BCUT2D eigenvalue weighted by Gasteiger charge is -2.12. The molecule has 0 aliphatic rings. The number of carbonyl (C=O) groups is 1. The minimum absolute atomic E-state index is 0.00970. The standard InChI is InChI=1S/C14H14ClF2N3O2/c1-8-11(7-20(2)19-8)13(21)18-6-9-5-10(15)3-4-12(9)22-14(16)17/h3-5,7,14H,6H2,1-2H3,(H,18,21). The Morgan fingerprint density at radius 1 is 1.50 bits per heavy atom. The zero-order valence-electron chi connectivity index (χ0n) is 11.9. The molecule has 0 spiro atoms. The van der Waals surface area contributed by atoms with Gasteiger partial charge in [0.25, 0.3) is 5.91 Å². The number of alkyl halides is 2. The maximum Gasteiger partial charge on any atom is 0.387 e.